The Morgan fingerprint density at radius 2 is 2.07 bits per heavy atom. The Bertz CT molecular complexity index is 1150. The molecule has 136 valence electrons. The van der Waals surface area contributed by atoms with E-state index < -0.39 is 0 Å². The summed E-state index contributed by atoms with van der Waals surface area (Å²) < 4.78 is 12.7. The third kappa shape index (κ3) is 2.78. The molecule has 1 aromatic carbocycles. The van der Waals surface area contributed by atoms with Crippen LogP contribution in [0.5, 0.6) is 11.5 Å². The maximum atomic E-state index is 5.47. The second-order valence-electron chi connectivity index (χ2n) is 6.36. The Balaban J connectivity index is 1.51. The molecule has 0 aliphatic carbocycles. The zero-order valence-electron chi connectivity index (χ0n) is 14.9. The Hall–Kier alpha value is -3.13. The number of hydrogen-bond acceptors (Lipinski definition) is 7. The number of nitrogens with zero attached hydrogens (tertiary/aromatic N) is 4. The van der Waals surface area contributed by atoms with Crippen molar-refractivity contribution in [3.05, 3.63) is 52.9 Å². The first-order valence-corrected chi connectivity index (χ1v) is 9.45. The molecule has 0 bridgehead atoms. The Morgan fingerprint density at radius 1 is 1.19 bits per heavy atom. The molecule has 4 aromatic rings. The summed E-state index contributed by atoms with van der Waals surface area (Å²) in [6.07, 6.45) is 3.63. The molecular formula is C19H17N5O2S. The van der Waals surface area contributed by atoms with Gasteiger partial charge in [0.15, 0.2) is 11.5 Å². The van der Waals surface area contributed by atoms with Gasteiger partial charge in [-0.25, -0.2) is 9.97 Å². The largest absolute Gasteiger partial charge is 0.454 e. The highest BCUT2D eigenvalue weighted by molar-refractivity contribution is 7.17. The molecule has 0 unspecified atom stereocenters. The molecule has 8 heteroatoms. The number of nitrogens with one attached hydrogen (secondary N) is 1. The van der Waals surface area contributed by atoms with Crippen molar-refractivity contribution in [3.8, 4) is 17.4 Å². The van der Waals surface area contributed by atoms with Crippen LogP contribution in [0.3, 0.4) is 0 Å². The van der Waals surface area contributed by atoms with Crippen molar-refractivity contribution in [2.24, 2.45) is 0 Å². The molecule has 0 spiro atoms. The van der Waals surface area contributed by atoms with Gasteiger partial charge >= 0.3 is 0 Å². The van der Waals surface area contributed by atoms with Gasteiger partial charge in [-0.05, 0) is 42.5 Å². The minimum absolute atomic E-state index is 0.278. The summed E-state index contributed by atoms with van der Waals surface area (Å²) >= 11 is 1.62. The van der Waals surface area contributed by atoms with Crippen molar-refractivity contribution in [3.63, 3.8) is 0 Å². The van der Waals surface area contributed by atoms with E-state index in [1.165, 1.54) is 0 Å². The summed E-state index contributed by atoms with van der Waals surface area (Å²) in [5.74, 6) is 3.86. The Labute approximate surface area is 159 Å². The van der Waals surface area contributed by atoms with Crippen molar-refractivity contribution >= 4 is 27.4 Å². The van der Waals surface area contributed by atoms with Crippen molar-refractivity contribution < 1.29 is 9.47 Å². The Morgan fingerprint density at radius 3 is 2.93 bits per heavy atom. The molecule has 0 saturated heterocycles. The van der Waals surface area contributed by atoms with Gasteiger partial charge in [-0.3, -0.25) is 4.57 Å². The van der Waals surface area contributed by atoms with Crippen LogP contribution in [0.4, 0.5) is 5.82 Å². The molecule has 0 amide bonds. The number of hydrogen-bond donors (Lipinski definition) is 1. The number of rotatable bonds is 4. The molecule has 4 heterocycles. The van der Waals surface area contributed by atoms with Crippen molar-refractivity contribution in [2.45, 2.75) is 20.4 Å². The summed E-state index contributed by atoms with van der Waals surface area (Å²) in [4.78, 5) is 14.7. The number of fused-ring (bicyclic) bond motifs is 2. The minimum atomic E-state index is 0.278. The number of ether oxygens (including phenoxy) is 2. The van der Waals surface area contributed by atoms with Gasteiger partial charge in [0, 0.05) is 18.9 Å². The highest BCUT2D eigenvalue weighted by atomic mass is 32.1. The fourth-order valence-electron chi connectivity index (χ4n) is 3.13. The zero-order valence-corrected chi connectivity index (χ0v) is 15.7. The molecule has 1 aliphatic rings. The summed E-state index contributed by atoms with van der Waals surface area (Å²) in [6, 6.07) is 5.96. The van der Waals surface area contributed by atoms with Crippen LogP contribution in [0.15, 0.2) is 36.0 Å². The minimum Gasteiger partial charge on any atom is -0.454 e. The van der Waals surface area contributed by atoms with Crippen LogP contribution in [-0.4, -0.2) is 26.3 Å². The quantitative estimate of drug-likeness (QED) is 0.581. The molecule has 7 nitrogen and oxygen atoms in total. The molecule has 0 fully saturated rings. The van der Waals surface area contributed by atoms with E-state index in [4.69, 9.17) is 19.4 Å². The van der Waals surface area contributed by atoms with Crippen LogP contribution in [0.25, 0.3) is 16.2 Å². The molecule has 0 saturated carbocycles. The van der Waals surface area contributed by atoms with Crippen molar-refractivity contribution in [1.82, 2.24) is 19.5 Å². The normalized spacial score (nSPS) is 12.7. The van der Waals surface area contributed by atoms with Gasteiger partial charge in [-0.15, -0.1) is 11.3 Å². The maximum absolute atomic E-state index is 5.47. The van der Waals surface area contributed by atoms with E-state index >= 15 is 0 Å². The van der Waals surface area contributed by atoms with E-state index in [1.807, 2.05) is 35.9 Å². The van der Waals surface area contributed by atoms with E-state index in [1.54, 1.807) is 17.5 Å². The first-order valence-electron chi connectivity index (χ1n) is 8.57. The van der Waals surface area contributed by atoms with Crippen LogP contribution in [0.2, 0.25) is 0 Å². The number of aryl methyl sites for hydroxylation is 2. The molecule has 27 heavy (non-hydrogen) atoms. The topological polar surface area (TPSA) is 74.1 Å². The van der Waals surface area contributed by atoms with Crippen LogP contribution < -0.4 is 14.8 Å². The van der Waals surface area contributed by atoms with Gasteiger partial charge < -0.3 is 14.8 Å². The van der Waals surface area contributed by atoms with Crippen LogP contribution in [0, 0.1) is 13.8 Å². The molecular weight excluding hydrogens is 362 g/mol. The van der Waals surface area contributed by atoms with Gasteiger partial charge in [0.25, 0.3) is 0 Å². The monoisotopic (exact) mass is 379 g/mol. The lowest BCUT2D eigenvalue weighted by molar-refractivity contribution is 0.174. The predicted octanol–water partition coefficient (Wildman–Crippen LogP) is 3.83. The number of aromatic nitrogens is 4. The van der Waals surface area contributed by atoms with E-state index in [9.17, 15) is 0 Å². The summed E-state index contributed by atoms with van der Waals surface area (Å²) in [5.41, 5.74) is 2.26. The smallest absolute Gasteiger partial charge is 0.238 e. The molecule has 0 atom stereocenters. The first kappa shape index (κ1) is 16.1. The molecule has 3 aromatic heterocycles. The standard InChI is InChI=1S/C19H17N5O2S/c1-11-9-27-18-16(11)17(22-19(23-18)24-6-5-20-12(24)2)21-8-13-3-4-14-15(7-13)26-10-25-14/h3-7,9H,8,10H2,1-2H3,(H,21,22,23). The summed E-state index contributed by atoms with van der Waals surface area (Å²) in [5, 5.41) is 6.63. The number of anilines is 1. The second kappa shape index (κ2) is 6.24. The number of benzene rings is 1. The third-order valence-electron chi connectivity index (χ3n) is 4.54. The lowest BCUT2D eigenvalue weighted by Gasteiger charge is -2.11. The van der Waals surface area contributed by atoms with Crippen LogP contribution in [-0.2, 0) is 6.54 Å². The average molecular weight is 379 g/mol. The van der Waals surface area contributed by atoms with E-state index in [0.29, 0.717) is 12.5 Å². The van der Waals surface area contributed by atoms with Crippen LogP contribution in [0.1, 0.15) is 17.0 Å². The van der Waals surface area contributed by atoms with Gasteiger partial charge in [-0.2, -0.15) is 4.98 Å². The lowest BCUT2D eigenvalue weighted by atomic mass is 10.2. The zero-order chi connectivity index (χ0) is 18.4. The average Bonchev–Trinajstić information content (AvgIpc) is 3.39. The van der Waals surface area contributed by atoms with Crippen LogP contribution >= 0.6 is 11.3 Å². The van der Waals surface area contributed by atoms with Crippen molar-refractivity contribution in [2.75, 3.05) is 12.1 Å². The molecule has 5 rings (SSSR count). The summed E-state index contributed by atoms with van der Waals surface area (Å²) in [7, 11) is 0. The van der Waals surface area contributed by atoms with E-state index in [0.717, 1.165) is 44.5 Å². The fourth-order valence-corrected chi connectivity index (χ4v) is 4.05. The maximum Gasteiger partial charge on any atom is 0.238 e. The Kier molecular flexibility index (Phi) is 3.71. The first-order chi connectivity index (χ1) is 13.2. The van der Waals surface area contributed by atoms with E-state index in [2.05, 4.69) is 22.6 Å². The highest BCUT2D eigenvalue weighted by Crippen LogP contribution is 2.34. The second-order valence-corrected chi connectivity index (χ2v) is 7.21. The SMILES string of the molecule is Cc1csc2nc(-n3ccnc3C)nc(NCc3ccc4c(c3)OCO4)c12. The summed E-state index contributed by atoms with van der Waals surface area (Å²) in [6.45, 7) is 4.92. The third-order valence-corrected chi connectivity index (χ3v) is 5.53. The molecule has 1 N–H and O–H groups in total. The van der Waals surface area contributed by atoms with Gasteiger partial charge in [0.1, 0.15) is 16.5 Å². The lowest BCUT2D eigenvalue weighted by Crippen LogP contribution is -2.07. The van der Waals surface area contributed by atoms with Gasteiger partial charge in [0.2, 0.25) is 12.7 Å². The van der Waals surface area contributed by atoms with Crippen molar-refractivity contribution in [1.29, 1.82) is 0 Å². The molecule has 1 aliphatic heterocycles. The fraction of sp³-hybridized carbons (Fsp3) is 0.211. The molecule has 0 radical (unpaired) electrons. The van der Waals surface area contributed by atoms with Gasteiger partial charge in [0.05, 0.1) is 5.39 Å². The number of imidazole rings is 1. The van der Waals surface area contributed by atoms with Gasteiger partial charge in [-0.1, -0.05) is 6.07 Å². The van der Waals surface area contributed by atoms with E-state index in [-0.39, 0.29) is 6.79 Å². The highest BCUT2D eigenvalue weighted by Gasteiger charge is 2.16. The predicted molar refractivity (Wildman–Crippen MR) is 104 cm³/mol. The number of thiophene rings is 1.